The average molecular weight is 280 g/mol. The number of amides is 3. The summed E-state index contributed by atoms with van der Waals surface area (Å²) in [6.45, 7) is 1.75. The second-order valence-electron chi connectivity index (χ2n) is 4.76. The number of carbonyl (C=O) groups is 4. The van der Waals surface area contributed by atoms with Gasteiger partial charge >= 0.3 is 5.97 Å². The van der Waals surface area contributed by atoms with Gasteiger partial charge in [-0.2, -0.15) is 0 Å². The minimum Gasteiger partial charge on any atom is -0.464 e. The molecule has 8 nitrogen and oxygen atoms in total. The summed E-state index contributed by atoms with van der Waals surface area (Å²) in [5.74, 6) is -4.29. The average Bonchev–Trinajstić information content (AvgIpc) is 2.99. The van der Waals surface area contributed by atoms with Crippen LogP contribution in [0, 0.1) is 11.8 Å². The molecule has 3 heterocycles. The molecular weight excluding hydrogens is 268 g/mol. The van der Waals surface area contributed by atoms with E-state index in [0.29, 0.717) is 0 Å². The van der Waals surface area contributed by atoms with Crippen LogP contribution in [0.3, 0.4) is 0 Å². The first-order valence-corrected chi connectivity index (χ1v) is 6.19. The zero-order valence-corrected chi connectivity index (χ0v) is 10.5. The number of carbonyl (C=O) groups excluding carboxylic acids is 4. The third-order valence-corrected chi connectivity index (χ3v) is 3.62. The molecule has 4 atom stereocenters. The van der Waals surface area contributed by atoms with Gasteiger partial charge in [0.1, 0.15) is 5.92 Å². The molecule has 0 aromatic rings. The lowest BCUT2D eigenvalue weighted by atomic mass is 9.86. The van der Waals surface area contributed by atoms with Gasteiger partial charge in [0, 0.05) is 6.08 Å². The van der Waals surface area contributed by atoms with Crippen LogP contribution in [0.25, 0.3) is 0 Å². The Morgan fingerprint density at radius 1 is 1.40 bits per heavy atom. The Hall–Kier alpha value is -2.22. The Morgan fingerprint density at radius 3 is 2.75 bits per heavy atom. The van der Waals surface area contributed by atoms with Crippen molar-refractivity contribution in [3.05, 3.63) is 12.2 Å². The van der Waals surface area contributed by atoms with Crippen molar-refractivity contribution in [3.8, 4) is 0 Å². The lowest BCUT2D eigenvalue weighted by Gasteiger charge is -2.26. The fourth-order valence-corrected chi connectivity index (χ4v) is 2.87. The molecule has 0 aromatic carbocycles. The zero-order chi connectivity index (χ0) is 14.5. The molecule has 4 unspecified atom stereocenters. The molecule has 2 saturated heterocycles. The Morgan fingerprint density at radius 2 is 2.15 bits per heavy atom. The van der Waals surface area contributed by atoms with E-state index in [9.17, 15) is 19.2 Å². The lowest BCUT2D eigenvalue weighted by molar-refractivity contribution is -0.164. The Kier molecular flexibility index (Phi) is 2.65. The maximum Gasteiger partial charge on any atom is 0.336 e. The first-order chi connectivity index (χ1) is 9.48. The minimum absolute atomic E-state index is 0.126. The number of hydrogen-bond acceptors (Lipinski definition) is 6. The fraction of sp³-hybridized carbons (Fsp3) is 0.500. The maximum absolute atomic E-state index is 11.9. The van der Waals surface area contributed by atoms with Gasteiger partial charge in [0.15, 0.2) is 11.8 Å². The molecule has 3 aliphatic rings. The summed E-state index contributed by atoms with van der Waals surface area (Å²) in [6.07, 6.45) is 1.36. The molecule has 0 saturated carbocycles. The van der Waals surface area contributed by atoms with Crippen LogP contribution in [0.15, 0.2) is 12.2 Å². The Bertz CT molecular complexity index is 556. The Balaban J connectivity index is 1.99. The van der Waals surface area contributed by atoms with Crippen molar-refractivity contribution in [1.82, 2.24) is 10.6 Å². The standard InChI is InChI=1S/C12H12N2O6/c1-2-19-11(18)8-6-7(10(17)13-9(6)16)12(20-8)4-3-5(15)14-12/h3-4,6-8H,2H2,1H3,(H,14,15)(H,13,16,17). The van der Waals surface area contributed by atoms with Crippen LogP contribution in [0.5, 0.6) is 0 Å². The van der Waals surface area contributed by atoms with Gasteiger partial charge in [-0.05, 0) is 13.0 Å². The van der Waals surface area contributed by atoms with E-state index >= 15 is 0 Å². The molecule has 2 fully saturated rings. The van der Waals surface area contributed by atoms with Crippen LogP contribution in [-0.4, -0.2) is 42.1 Å². The monoisotopic (exact) mass is 280 g/mol. The summed E-state index contributed by atoms with van der Waals surface area (Å²) >= 11 is 0. The van der Waals surface area contributed by atoms with Gasteiger partial charge in [0.05, 0.1) is 12.5 Å². The predicted molar refractivity (Wildman–Crippen MR) is 61.6 cm³/mol. The first kappa shape index (κ1) is 12.8. The van der Waals surface area contributed by atoms with Gasteiger partial charge < -0.3 is 14.8 Å². The smallest absolute Gasteiger partial charge is 0.336 e. The van der Waals surface area contributed by atoms with Crippen molar-refractivity contribution in [1.29, 1.82) is 0 Å². The number of nitrogens with one attached hydrogen (secondary N) is 2. The third-order valence-electron chi connectivity index (χ3n) is 3.62. The van der Waals surface area contributed by atoms with Gasteiger partial charge in [-0.15, -0.1) is 0 Å². The van der Waals surface area contributed by atoms with E-state index in [0.717, 1.165) is 0 Å². The van der Waals surface area contributed by atoms with Gasteiger partial charge in [-0.1, -0.05) is 0 Å². The van der Waals surface area contributed by atoms with Crippen molar-refractivity contribution in [3.63, 3.8) is 0 Å². The van der Waals surface area contributed by atoms with Gasteiger partial charge in [0.25, 0.3) is 0 Å². The Labute approximate surface area is 113 Å². The van der Waals surface area contributed by atoms with Crippen LogP contribution in [0.1, 0.15) is 6.92 Å². The number of imide groups is 1. The summed E-state index contributed by atoms with van der Waals surface area (Å²) in [5.41, 5.74) is -1.45. The van der Waals surface area contributed by atoms with Crippen molar-refractivity contribution in [2.45, 2.75) is 18.8 Å². The molecule has 0 aromatic heterocycles. The second-order valence-corrected chi connectivity index (χ2v) is 4.76. The van der Waals surface area contributed by atoms with Crippen molar-refractivity contribution in [2.75, 3.05) is 6.61 Å². The van der Waals surface area contributed by atoms with E-state index < -0.39 is 47.4 Å². The van der Waals surface area contributed by atoms with Crippen molar-refractivity contribution in [2.24, 2.45) is 11.8 Å². The van der Waals surface area contributed by atoms with Crippen molar-refractivity contribution < 1.29 is 28.7 Å². The van der Waals surface area contributed by atoms with E-state index in [-0.39, 0.29) is 6.61 Å². The number of ether oxygens (including phenoxy) is 2. The van der Waals surface area contributed by atoms with Crippen LogP contribution < -0.4 is 10.6 Å². The molecular formula is C12H12N2O6. The highest BCUT2D eigenvalue weighted by Gasteiger charge is 2.67. The highest BCUT2D eigenvalue weighted by molar-refractivity contribution is 6.09. The molecule has 0 radical (unpaired) electrons. The van der Waals surface area contributed by atoms with Crippen LogP contribution in [0.4, 0.5) is 0 Å². The van der Waals surface area contributed by atoms with Crippen LogP contribution >= 0.6 is 0 Å². The molecule has 8 heteroatoms. The fourth-order valence-electron chi connectivity index (χ4n) is 2.87. The summed E-state index contributed by atoms with van der Waals surface area (Å²) in [5, 5.41) is 4.65. The molecule has 3 aliphatic heterocycles. The molecule has 1 spiro atoms. The normalized spacial score (nSPS) is 38.0. The number of rotatable bonds is 2. The largest absolute Gasteiger partial charge is 0.464 e. The lowest BCUT2D eigenvalue weighted by Crippen LogP contribution is -2.50. The highest BCUT2D eigenvalue weighted by atomic mass is 16.6. The SMILES string of the molecule is CCOC(=O)C1OC2(C=CC(=O)N2)C2C(=O)NC(=O)C12. The topological polar surface area (TPSA) is 111 Å². The summed E-state index contributed by atoms with van der Waals surface area (Å²) in [7, 11) is 0. The van der Waals surface area contributed by atoms with Crippen LogP contribution in [0.2, 0.25) is 0 Å². The number of fused-ring (bicyclic) bond motifs is 2. The zero-order valence-electron chi connectivity index (χ0n) is 10.5. The molecule has 106 valence electrons. The highest BCUT2D eigenvalue weighted by Crippen LogP contribution is 2.45. The quantitative estimate of drug-likeness (QED) is 0.457. The van der Waals surface area contributed by atoms with Gasteiger partial charge in [0.2, 0.25) is 17.7 Å². The van der Waals surface area contributed by atoms with Gasteiger partial charge in [-0.3, -0.25) is 19.7 Å². The third kappa shape index (κ3) is 1.58. The van der Waals surface area contributed by atoms with Gasteiger partial charge in [-0.25, -0.2) is 4.79 Å². The van der Waals surface area contributed by atoms with E-state index in [4.69, 9.17) is 9.47 Å². The van der Waals surface area contributed by atoms with Crippen LogP contribution in [-0.2, 0) is 28.7 Å². The summed E-state index contributed by atoms with van der Waals surface area (Å²) < 4.78 is 10.4. The molecule has 2 N–H and O–H groups in total. The molecule has 0 aliphatic carbocycles. The number of hydrogen-bond donors (Lipinski definition) is 2. The van der Waals surface area contributed by atoms with E-state index in [1.807, 2.05) is 0 Å². The summed E-state index contributed by atoms with van der Waals surface area (Å²) in [6, 6.07) is 0. The van der Waals surface area contributed by atoms with E-state index in [1.165, 1.54) is 12.2 Å². The molecule has 3 rings (SSSR count). The summed E-state index contributed by atoms with van der Waals surface area (Å²) in [4.78, 5) is 47.0. The van der Waals surface area contributed by atoms with E-state index in [1.54, 1.807) is 6.92 Å². The maximum atomic E-state index is 11.9. The van der Waals surface area contributed by atoms with Crippen molar-refractivity contribution >= 4 is 23.7 Å². The predicted octanol–water partition coefficient (Wildman–Crippen LogP) is -1.78. The molecule has 20 heavy (non-hydrogen) atoms. The first-order valence-electron chi connectivity index (χ1n) is 6.19. The number of esters is 1. The minimum atomic E-state index is -1.45. The molecule has 3 amide bonds. The van der Waals surface area contributed by atoms with E-state index in [2.05, 4.69) is 10.6 Å². The molecule has 0 bridgehead atoms. The second kappa shape index (κ2) is 4.14.